The number of benzene rings is 2. The molecule has 0 aliphatic rings. The third-order valence-electron chi connectivity index (χ3n) is 6.49. The van der Waals surface area contributed by atoms with Gasteiger partial charge in [-0.3, -0.25) is 9.59 Å². The lowest BCUT2D eigenvalue weighted by Gasteiger charge is -2.27. The molecule has 0 unspecified atom stereocenters. The van der Waals surface area contributed by atoms with Crippen molar-refractivity contribution in [3.63, 3.8) is 0 Å². The van der Waals surface area contributed by atoms with E-state index in [0.29, 0.717) is 49.7 Å². The van der Waals surface area contributed by atoms with Crippen LogP contribution in [0.1, 0.15) is 28.7 Å². The van der Waals surface area contributed by atoms with Gasteiger partial charge in [-0.25, -0.2) is 8.42 Å². The number of hydrogen-bond acceptors (Lipinski definition) is 8. The summed E-state index contributed by atoms with van der Waals surface area (Å²) in [6, 6.07) is 15.5. The molecule has 0 saturated heterocycles. The van der Waals surface area contributed by atoms with E-state index in [2.05, 4.69) is 5.32 Å². The van der Waals surface area contributed by atoms with Crippen LogP contribution in [-0.2, 0) is 37.3 Å². The van der Waals surface area contributed by atoms with E-state index in [-0.39, 0.29) is 29.8 Å². The number of thiophene rings is 1. The molecule has 0 spiro atoms. The Morgan fingerprint density at radius 1 is 0.929 bits per heavy atom. The molecule has 2 amide bonds. The van der Waals surface area contributed by atoms with Gasteiger partial charge >= 0.3 is 0 Å². The predicted molar refractivity (Wildman–Crippen MR) is 164 cm³/mol. The van der Waals surface area contributed by atoms with E-state index in [9.17, 15) is 18.0 Å². The standard InChI is InChI=1S/C30H39N3O7S2/c1-22-7-11-26(41-22)20-32(17-15-24-8-14-28(39-4)29(19-24)40-5)30(35)21-33(16-6-18-38-3)42(36,37)27-12-9-25(10-13-27)31-23(2)34/h7-14,19H,6,15-18,20-21H2,1-5H3,(H,31,34). The molecule has 0 aliphatic carbocycles. The fourth-order valence-corrected chi connectivity index (χ4v) is 6.67. The largest absolute Gasteiger partial charge is 0.493 e. The van der Waals surface area contributed by atoms with Crippen molar-refractivity contribution in [3.8, 4) is 11.5 Å². The van der Waals surface area contributed by atoms with Gasteiger partial charge < -0.3 is 24.4 Å². The van der Waals surface area contributed by atoms with E-state index in [4.69, 9.17) is 14.2 Å². The van der Waals surface area contributed by atoms with Gasteiger partial charge in [0.05, 0.1) is 32.2 Å². The summed E-state index contributed by atoms with van der Waals surface area (Å²) in [6.07, 6.45) is 0.959. The maximum Gasteiger partial charge on any atom is 0.243 e. The summed E-state index contributed by atoms with van der Waals surface area (Å²) in [7, 11) is 0.673. The first kappa shape index (κ1) is 33.1. The van der Waals surface area contributed by atoms with E-state index < -0.39 is 10.0 Å². The van der Waals surface area contributed by atoms with Gasteiger partial charge in [0.15, 0.2) is 11.5 Å². The number of nitrogens with zero attached hydrogens (tertiary/aromatic N) is 2. The Balaban J connectivity index is 1.85. The summed E-state index contributed by atoms with van der Waals surface area (Å²) in [5.74, 6) is 0.649. The number of ether oxygens (including phenoxy) is 3. The molecule has 42 heavy (non-hydrogen) atoms. The van der Waals surface area contributed by atoms with Crippen LogP contribution >= 0.6 is 11.3 Å². The van der Waals surface area contributed by atoms with Gasteiger partial charge in [0, 0.05) is 49.2 Å². The molecule has 228 valence electrons. The molecular weight excluding hydrogens is 578 g/mol. The van der Waals surface area contributed by atoms with Crippen molar-refractivity contribution in [1.82, 2.24) is 9.21 Å². The molecule has 0 saturated carbocycles. The molecule has 0 bridgehead atoms. The lowest BCUT2D eigenvalue weighted by Crippen LogP contribution is -2.43. The van der Waals surface area contributed by atoms with Crippen molar-refractivity contribution in [2.24, 2.45) is 0 Å². The number of rotatable bonds is 16. The normalized spacial score (nSPS) is 11.4. The molecule has 1 aromatic heterocycles. The summed E-state index contributed by atoms with van der Waals surface area (Å²) in [5.41, 5.74) is 1.44. The highest BCUT2D eigenvalue weighted by Gasteiger charge is 2.28. The Labute approximate surface area is 252 Å². The van der Waals surface area contributed by atoms with E-state index in [1.54, 1.807) is 37.6 Å². The van der Waals surface area contributed by atoms with Crippen molar-refractivity contribution < 1.29 is 32.2 Å². The Morgan fingerprint density at radius 2 is 1.64 bits per heavy atom. The monoisotopic (exact) mass is 617 g/mol. The number of amides is 2. The first-order valence-corrected chi connectivity index (χ1v) is 15.7. The van der Waals surface area contributed by atoms with Crippen LogP contribution in [0.3, 0.4) is 0 Å². The van der Waals surface area contributed by atoms with E-state index in [1.165, 1.54) is 35.5 Å². The van der Waals surface area contributed by atoms with Crippen LogP contribution < -0.4 is 14.8 Å². The molecular formula is C30H39N3O7S2. The highest BCUT2D eigenvalue weighted by Crippen LogP contribution is 2.28. The quantitative estimate of drug-likeness (QED) is 0.238. The molecule has 1 heterocycles. The number of anilines is 1. The van der Waals surface area contributed by atoms with E-state index >= 15 is 0 Å². The number of hydrogen-bond donors (Lipinski definition) is 1. The zero-order valence-corrected chi connectivity index (χ0v) is 26.3. The highest BCUT2D eigenvalue weighted by molar-refractivity contribution is 7.89. The number of sulfonamides is 1. The number of aryl methyl sites for hydroxylation is 1. The molecule has 0 fully saturated rings. The van der Waals surface area contributed by atoms with Crippen molar-refractivity contribution in [1.29, 1.82) is 0 Å². The summed E-state index contributed by atoms with van der Waals surface area (Å²) < 4.78 is 44.5. The Bertz CT molecular complexity index is 1440. The summed E-state index contributed by atoms with van der Waals surface area (Å²) in [4.78, 5) is 29.0. The lowest BCUT2D eigenvalue weighted by atomic mass is 10.1. The van der Waals surface area contributed by atoms with Gasteiger partial charge in [0.25, 0.3) is 0 Å². The number of nitrogens with one attached hydrogen (secondary N) is 1. The smallest absolute Gasteiger partial charge is 0.243 e. The minimum Gasteiger partial charge on any atom is -0.493 e. The van der Waals surface area contributed by atoms with Crippen molar-refractivity contribution >= 4 is 38.9 Å². The lowest BCUT2D eigenvalue weighted by molar-refractivity contribution is -0.132. The fraction of sp³-hybridized carbons (Fsp3) is 0.400. The van der Waals surface area contributed by atoms with Crippen LogP contribution in [0, 0.1) is 6.92 Å². The van der Waals surface area contributed by atoms with Gasteiger partial charge in [-0.2, -0.15) is 4.31 Å². The Hall–Kier alpha value is -3.45. The van der Waals surface area contributed by atoms with Crippen molar-refractivity contribution in [3.05, 3.63) is 69.9 Å². The maximum atomic E-state index is 13.8. The first-order chi connectivity index (χ1) is 20.1. The summed E-state index contributed by atoms with van der Waals surface area (Å²) in [5, 5.41) is 2.63. The van der Waals surface area contributed by atoms with Crippen LogP contribution in [0.25, 0.3) is 0 Å². The molecule has 0 radical (unpaired) electrons. The van der Waals surface area contributed by atoms with E-state index in [1.807, 2.05) is 37.3 Å². The molecule has 3 rings (SSSR count). The SMILES string of the molecule is COCCCN(CC(=O)N(CCc1ccc(OC)c(OC)c1)Cc1ccc(C)s1)S(=O)(=O)c1ccc(NC(C)=O)cc1. The highest BCUT2D eigenvalue weighted by atomic mass is 32.2. The molecule has 12 heteroatoms. The van der Waals surface area contributed by atoms with E-state index in [0.717, 1.165) is 15.3 Å². The second kappa shape index (κ2) is 15.7. The Kier molecular flexibility index (Phi) is 12.3. The summed E-state index contributed by atoms with van der Waals surface area (Å²) in [6.45, 7) is 4.25. The van der Waals surface area contributed by atoms with Gasteiger partial charge in [0.2, 0.25) is 21.8 Å². The third kappa shape index (κ3) is 9.28. The molecule has 1 N–H and O–H groups in total. The maximum absolute atomic E-state index is 13.8. The van der Waals surface area contributed by atoms with Crippen molar-refractivity contribution in [2.75, 3.05) is 52.9 Å². The molecule has 10 nitrogen and oxygen atoms in total. The van der Waals surface area contributed by atoms with Gasteiger partial charge in [-0.05, 0) is 73.9 Å². The van der Waals surface area contributed by atoms with Crippen LogP contribution in [-0.4, -0.2) is 77.0 Å². The second-order valence-electron chi connectivity index (χ2n) is 9.66. The van der Waals surface area contributed by atoms with Crippen LogP contribution in [0.15, 0.2) is 59.5 Å². The van der Waals surface area contributed by atoms with Gasteiger partial charge in [0.1, 0.15) is 0 Å². The average molecular weight is 618 g/mol. The zero-order chi connectivity index (χ0) is 30.7. The van der Waals surface area contributed by atoms with Crippen molar-refractivity contribution in [2.45, 2.75) is 38.1 Å². The molecule has 2 aromatic carbocycles. The average Bonchev–Trinajstić information content (AvgIpc) is 3.38. The minimum absolute atomic E-state index is 0.0348. The fourth-order valence-electron chi connectivity index (χ4n) is 4.33. The number of carbonyl (C=O) groups is 2. The molecule has 3 aromatic rings. The topological polar surface area (TPSA) is 114 Å². The van der Waals surface area contributed by atoms with Gasteiger partial charge in [-0.1, -0.05) is 6.07 Å². The molecule has 0 aliphatic heterocycles. The third-order valence-corrected chi connectivity index (χ3v) is 9.34. The second-order valence-corrected chi connectivity index (χ2v) is 13.0. The molecule has 0 atom stereocenters. The predicted octanol–water partition coefficient (Wildman–Crippen LogP) is 4.33. The van der Waals surface area contributed by atoms with Crippen LogP contribution in [0.4, 0.5) is 5.69 Å². The number of methoxy groups -OCH3 is 3. The minimum atomic E-state index is -4.02. The van der Waals surface area contributed by atoms with Gasteiger partial charge in [-0.15, -0.1) is 11.3 Å². The van der Waals surface area contributed by atoms with Crippen LogP contribution in [0.2, 0.25) is 0 Å². The zero-order valence-electron chi connectivity index (χ0n) is 24.7. The first-order valence-electron chi connectivity index (χ1n) is 13.5. The number of carbonyl (C=O) groups excluding carboxylic acids is 2. The van der Waals surface area contributed by atoms with Crippen LogP contribution in [0.5, 0.6) is 11.5 Å². The Morgan fingerprint density at radius 3 is 2.24 bits per heavy atom. The summed E-state index contributed by atoms with van der Waals surface area (Å²) >= 11 is 1.60.